The first-order valence-corrected chi connectivity index (χ1v) is 13.2. The van der Waals surface area contributed by atoms with Crippen LogP contribution in [0.25, 0.3) is 0 Å². The standard InChI is InChI=1S/C24H33N3O3S/c1-31(28,29)26-24-13-15-27(22-8-5-14-25-16-22)17-21(24)18-30-23-11-9-20(10-12-23)19-6-3-2-4-7-19/h2-8,14,16,20-21,23-24,26H,9-13,15,17-18H2,1H3/t20?,21?,23?,24-/m0/s1. The molecule has 2 heterocycles. The van der Waals surface area contributed by atoms with Crippen molar-refractivity contribution in [2.75, 3.05) is 30.9 Å². The first-order valence-electron chi connectivity index (χ1n) is 11.3. The van der Waals surface area contributed by atoms with E-state index in [1.54, 1.807) is 6.20 Å². The van der Waals surface area contributed by atoms with Gasteiger partial charge in [-0.3, -0.25) is 4.98 Å². The Morgan fingerprint density at radius 3 is 2.52 bits per heavy atom. The van der Waals surface area contributed by atoms with Gasteiger partial charge in [-0.25, -0.2) is 13.1 Å². The van der Waals surface area contributed by atoms with Crippen LogP contribution in [0.5, 0.6) is 0 Å². The third kappa shape index (κ3) is 6.28. The summed E-state index contributed by atoms with van der Waals surface area (Å²) in [4.78, 5) is 6.52. The summed E-state index contributed by atoms with van der Waals surface area (Å²) in [7, 11) is -3.26. The van der Waals surface area contributed by atoms with Crippen molar-refractivity contribution >= 4 is 15.7 Å². The molecular formula is C24H33N3O3S. The molecule has 31 heavy (non-hydrogen) atoms. The molecule has 2 aliphatic rings. The maximum absolute atomic E-state index is 11.9. The number of nitrogens with one attached hydrogen (secondary N) is 1. The number of hydrogen-bond donors (Lipinski definition) is 1. The van der Waals surface area contributed by atoms with Crippen LogP contribution in [0.2, 0.25) is 0 Å². The van der Waals surface area contributed by atoms with Gasteiger partial charge < -0.3 is 9.64 Å². The van der Waals surface area contributed by atoms with E-state index in [9.17, 15) is 8.42 Å². The molecule has 2 atom stereocenters. The topological polar surface area (TPSA) is 71.5 Å². The molecular weight excluding hydrogens is 410 g/mol. The summed E-state index contributed by atoms with van der Waals surface area (Å²) in [6.45, 7) is 2.14. The van der Waals surface area contributed by atoms with E-state index in [1.165, 1.54) is 11.8 Å². The number of hydrogen-bond acceptors (Lipinski definition) is 5. The molecule has 0 amide bonds. The van der Waals surface area contributed by atoms with Crippen LogP contribution in [0, 0.1) is 5.92 Å². The molecule has 0 radical (unpaired) electrons. The summed E-state index contributed by atoms with van der Waals surface area (Å²) in [6.07, 6.45) is 10.3. The summed E-state index contributed by atoms with van der Waals surface area (Å²) >= 11 is 0. The van der Waals surface area contributed by atoms with Gasteiger partial charge in [-0.2, -0.15) is 0 Å². The number of sulfonamides is 1. The predicted molar refractivity (Wildman–Crippen MR) is 124 cm³/mol. The molecule has 1 saturated heterocycles. The summed E-state index contributed by atoms with van der Waals surface area (Å²) < 4.78 is 33.0. The van der Waals surface area contributed by atoms with E-state index in [-0.39, 0.29) is 18.1 Å². The highest BCUT2D eigenvalue weighted by Crippen LogP contribution is 2.34. The average Bonchev–Trinajstić information content (AvgIpc) is 2.79. The third-order valence-electron chi connectivity index (χ3n) is 6.60. The van der Waals surface area contributed by atoms with E-state index in [4.69, 9.17) is 4.74 Å². The fourth-order valence-corrected chi connectivity index (χ4v) is 5.81. The van der Waals surface area contributed by atoms with E-state index in [0.29, 0.717) is 12.5 Å². The van der Waals surface area contributed by atoms with Crippen molar-refractivity contribution in [1.29, 1.82) is 0 Å². The Bertz CT molecular complexity index is 916. The molecule has 1 aliphatic heterocycles. The van der Waals surface area contributed by atoms with Gasteiger partial charge in [0.05, 0.1) is 30.9 Å². The van der Waals surface area contributed by atoms with E-state index >= 15 is 0 Å². The van der Waals surface area contributed by atoms with Gasteiger partial charge in [0.15, 0.2) is 0 Å². The van der Waals surface area contributed by atoms with Crippen molar-refractivity contribution in [2.24, 2.45) is 5.92 Å². The molecule has 1 aromatic carbocycles. The van der Waals surface area contributed by atoms with E-state index in [1.807, 2.05) is 12.3 Å². The molecule has 1 aliphatic carbocycles. The largest absolute Gasteiger partial charge is 0.378 e. The summed E-state index contributed by atoms with van der Waals surface area (Å²) in [5.41, 5.74) is 2.51. The second-order valence-corrected chi connectivity index (χ2v) is 10.7. The van der Waals surface area contributed by atoms with E-state index in [2.05, 4.69) is 51.0 Å². The zero-order valence-electron chi connectivity index (χ0n) is 18.2. The highest BCUT2D eigenvalue weighted by atomic mass is 32.2. The van der Waals surface area contributed by atoms with Crippen molar-refractivity contribution in [2.45, 2.75) is 50.2 Å². The smallest absolute Gasteiger partial charge is 0.208 e. The molecule has 1 unspecified atom stereocenters. The Kier molecular flexibility index (Phi) is 7.25. The fraction of sp³-hybridized carbons (Fsp3) is 0.542. The average molecular weight is 444 g/mol. The molecule has 0 bridgehead atoms. The van der Waals surface area contributed by atoms with Gasteiger partial charge in [0.25, 0.3) is 0 Å². The number of benzene rings is 1. The van der Waals surface area contributed by atoms with Crippen LogP contribution in [0.3, 0.4) is 0 Å². The summed E-state index contributed by atoms with van der Waals surface area (Å²) in [5, 5.41) is 0. The maximum Gasteiger partial charge on any atom is 0.208 e. The lowest BCUT2D eigenvalue weighted by Gasteiger charge is -2.40. The van der Waals surface area contributed by atoms with Crippen molar-refractivity contribution < 1.29 is 13.2 Å². The van der Waals surface area contributed by atoms with Gasteiger partial charge in [0.2, 0.25) is 10.0 Å². The second kappa shape index (κ2) is 10.1. The highest BCUT2D eigenvalue weighted by molar-refractivity contribution is 7.88. The fourth-order valence-electron chi connectivity index (χ4n) is 4.95. The molecule has 2 aromatic rings. The molecule has 168 valence electrons. The lowest BCUT2D eigenvalue weighted by Crippen LogP contribution is -2.52. The number of piperidine rings is 1. The SMILES string of the molecule is CS(=O)(=O)N[C@H]1CCN(c2cccnc2)CC1COC1CCC(c2ccccc2)CC1. The molecule has 1 saturated carbocycles. The minimum atomic E-state index is -3.26. The lowest BCUT2D eigenvalue weighted by atomic mass is 9.82. The minimum absolute atomic E-state index is 0.0939. The highest BCUT2D eigenvalue weighted by Gasteiger charge is 2.33. The lowest BCUT2D eigenvalue weighted by molar-refractivity contribution is -0.00210. The van der Waals surface area contributed by atoms with Gasteiger partial charge >= 0.3 is 0 Å². The molecule has 1 aromatic heterocycles. The maximum atomic E-state index is 11.9. The Morgan fingerprint density at radius 2 is 1.84 bits per heavy atom. The quantitative estimate of drug-likeness (QED) is 0.708. The summed E-state index contributed by atoms with van der Waals surface area (Å²) in [6, 6.07) is 14.6. The minimum Gasteiger partial charge on any atom is -0.378 e. The third-order valence-corrected chi connectivity index (χ3v) is 7.33. The van der Waals surface area contributed by atoms with E-state index in [0.717, 1.165) is 50.9 Å². The first-order chi connectivity index (χ1) is 15.0. The number of anilines is 1. The monoisotopic (exact) mass is 443 g/mol. The van der Waals surface area contributed by atoms with Gasteiger partial charge in [-0.05, 0) is 55.7 Å². The van der Waals surface area contributed by atoms with Gasteiger partial charge in [0, 0.05) is 31.2 Å². The van der Waals surface area contributed by atoms with Gasteiger partial charge in [-0.1, -0.05) is 30.3 Å². The zero-order valence-corrected chi connectivity index (χ0v) is 19.0. The predicted octanol–water partition coefficient (Wildman–Crippen LogP) is 3.57. The number of ether oxygens (including phenoxy) is 1. The molecule has 4 rings (SSSR count). The first kappa shape index (κ1) is 22.2. The van der Waals surface area contributed by atoms with Crippen LogP contribution in [-0.4, -0.2) is 51.5 Å². The molecule has 6 nitrogen and oxygen atoms in total. The van der Waals surface area contributed by atoms with Crippen LogP contribution in [0.15, 0.2) is 54.9 Å². The number of pyridine rings is 1. The molecule has 0 spiro atoms. The Labute approximate surface area is 186 Å². The van der Waals surface area contributed by atoms with Crippen molar-refractivity contribution in [3.63, 3.8) is 0 Å². The Hall–Kier alpha value is -1.96. The number of aromatic nitrogens is 1. The normalized spacial score (nSPS) is 27.2. The van der Waals surface area contributed by atoms with Crippen molar-refractivity contribution in [3.8, 4) is 0 Å². The van der Waals surface area contributed by atoms with Crippen LogP contribution >= 0.6 is 0 Å². The van der Waals surface area contributed by atoms with Crippen LogP contribution < -0.4 is 9.62 Å². The van der Waals surface area contributed by atoms with Crippen LogP contribution in [-0.2, 0) is 14.8 Å². The van der Waals surface area contributed by atoms with Crippen LogP contribution in [0.4, 0.5) is 5.69 Å². The molecule has 1 N–H and O–H groups in total. The number of rotatable bonds is 7. The van der Waals surface area contributed by atoms with Crippen LogP contribution in [0.1, 0.15) is 43.6 Å². The zero-order chi connectivity index (χ0) is 21.7. The van der Waals surface area contributed by atoms with Gasteiger partial charge in [-0.15, -0.1) is 0 Å². The Morgan fingerprint density at radius 1 is 1.06 bits per heavy atom. The summed E-state index contributed by atoms with van der Waals surface area (Å²) in [5.74, 6) is 0.729. The molecule has 7 heteroatoms. The van der Waals surface area contributed by atoms with Crippen molar-refractivity contribution in [3.05, 3.63) is 60.4 Å². The van der Waals surface area contributed by atoms with E-state index < -0.39 is 10.0 Å². The number of nitrogens with zero attached hydrogens (tertiary/aromatic N) is 2. The second-order valence-electron chi connectivity index (χ2n) is 8.92. The van der Waals surface area contributed by atoms with Crippen molar-refractivity contribution in [1.82, 2.24) is 9.71 Å². The molecule has 2 fully saturated rings. The Balaban J connectivity index is 1.34. The van der Waals surface area contributed by atoms with Gasteiger partial charge in [0.1, 0.15) is 0 Å².